The maximum absolute atomic E-state index is 12.9. The molecule has 1 heterocycles. The third kappa shape index (κ3) is 3.48. The zero-order chi connectivity index (χ0) is 16.5. The lowest BCUT2D eigenvalue weighted by Crippen LogP contribution is -2.43. The summed E-state index contributed by atoms with van der Waals surface area (Å²) in [6.45, 7) is 2.40. The Kier molecular flexibility index (Phi) is 5.21. The Balaban J connectivity index is 2.53. The van der Waals surface area contributed by atoms with Crippen molar-refractivity contribution in [1.29, 1.82) is 0 Å². The minimum atomic E-state index is -3.80. The first-order valence-corrected chi connectivity index (χ1v) is 10.9. The predicted octanol–water partition coefficient (Wildman–Crippen LogP) is 2.70. The fourth-order valence-electron chi connectivity index (χ4n) is 2.74. The number of piperidine rings is 1. The Hall–Kier alpha value is -0.630. The molecular formula is C14H20ClNO4S2. The van der Waals surface area contributed by atoms with Crippen molar-refractivity contribution in [3.8, 4) is 0 Å². The highest BCUT2D eigenvalue weighted by Crippen LogP contribution is 2.32. The Labute approximate surface area is 137 Å². The van der Waals surface area contributed by atoms with Crippen molar-refractivity contribution in [3.05, 3.63) is 23.2 Å². The van der Waals surface area contributed by atoms with Gasteiger partial charge in [-0.2, -0.15) is 4.31 Å². The molecule has 124 valence electrons. The van der Waals surface area contributed by atoms with E-state index in [-0.39, 0.29) is 20.9 Å². The third-order valence-electron chi connectivity index (χ3n) is 3.96. The van der Waals surface area contributed by atoms with E-state index in [2.05, 4.69) is 0 Å². The first kappa shape index (κ1) is 17.7. The van der Waals surface area contributed by atoms with Crippen LogP contribution in [0.4, 0.5) is 0 Å². The van der Waals surface area contributed by atoms with Gasteiger partial charge in [-0.05, 0) is 37.5 Å². The first-order chi connectivity index (χ1) is 10.2. The molecule has 0 aromatic heterocycles. The van der Waals surface area contributed by atoms with E-state index in [0.717, 1.165) is 38.0 Å². The minimum absolute atomic E-state index is 0.0412. The monoisotopic (exact) mass is 365 g/mol. The van der Waals surface area contributed by atoms with Gasteiger partial charge in [-0.1, -0.05) is 24.9 Å². The zero-order valence-corrected chi connectivity index (χ0v) is 15.0. The van der Waals surface area contributed by atoms with Gasteiger partial charge in [-0.15, -0.1) is 0 Å². The Bertz CT molecular complexity index is 759. The van der Waals surface area contributed by atoms with Crippen molar-refractivity contribution in [1.82, 2.24) is 4.31 Å². The highest BCUT2D eigenvalue weighted by atomic mass is 35.5. The average molecular weight is 366 g/mol. The standard InChI is InChI=1S/C14H20ClNO4S2/c1-3-11-6-4-5-9-16(11)22(19,20)14-10-12(21(2,17)18)7-8-13(14)15/h7-8,10-11H,3-6,9H2,1-2H3/t11-/m1/s1. The first-order valence-electron chi connectivity index (χ1n) is 7.19. The van der Waals surface area contributed by atoms with Crippen LogP contribution < -0.4 is 0 Å². The van der Waals surface area contributed by atoms with Crippen molar-refractivity contribution in [3.63, 3.8) is 0 Å². The number of nitrogens with zero attached hydrogens (tertiary/aromatic N) is 1. The summed E-state index contributed by atoms with van der Waals surface area (Å²) in [5.74, 6) is 0. The summed E-state index contributed by atoms with van der Waals surface area (Å²) in [4.78, 5) is -0.169. The van der Waals surface area contributed by atoms with Crippen LogP contribution in [0.25, 0.3) is 0 Å². The molecule has 2 rings (SSSR count). The van der Waals surface area contributed by atoms with Gasteiger partial charge in [0.1, 0.15) is 4.90 Å². The van der Waals surface area contributed by atoms with Gasteiger partial charge in [0.05, 0.1) is 9.92 Å². The summed E-state index contributed by atoms with van der Waals surface area (Å²) in [5, 5.41) is 0.0489. The number of benzene rings is 1. The molecule has 0 amide bonds. The lowest BCUT2D eigenvalue weighted by atomic mass is 10.0. The second-order valence-corrected chi connectivity index (χ2v) is 9.82. The van der Waals surface area contributed by atoms with E-state index in [9.17, 15) is 16.8 Å². The maximum atomic E-state index is 12.9. The lowest BCUT2D eigenvalue weighted by molar-refractivity contribution is 0.246. The number of hydrogen-bond acceptors (Lipinski definition) is 4. The molecule has 0 aliphatic carbocycles. The van der Waals surface area contributed by atoms with Gasteiger partial charge in [0.2, 0.25) is 10.0 Å². The molecule has 22 heavy (non-hydrogen) atoms. The largest absolute Gasteiger partial charge is 0.244 e. The van der Waals surface area contributed by atoms with Gasteiger partial charge >= 0.3 is 0 Å². The Morgan fingerprint density at radius 2 is 1.91 bits per heavy atom. The number of rotatable bonds is 4. The van der Waals surface area contributed by atoms with Gasteiger partial charge < -0.3 is 0 Å². The van der Waals surface area contributed by atoms with Crippen molar-refractivity contribution in [2.24, 2.45) is 0 Å². The fraction of sp³-hybridized carbons (Fsp3) is 0.571. The molecule has 0 unspecified atom stereocenters. The molecule has 0 N–H and O–H groups in total. The van der Waals surface area contributed by atoms with E-state index in [1.54, 1.807) is 0 Å². The van der Waals surface area contributed by atoms with E-state index in [0.29, 0.717) is 6.54 Å². The molecule has 1 fully saturated rings. The summed E-state index contributed by atoms with van der Waals surface area (Å²) < 4.78 is 50.6. The topological polar surface area (TPSA) is 71.5 Å². The zero-order valence-electron chi connectivity index (χ0n) is 12.6. The second kappa shape index (κ2) is 6.47. The van der Waals surface area contributed by atoms with Crippen LogP contribution in [0, 0.1) is 0 Å². The van der Waals surface area contributed by atoms with Gasteiger partial charge in [-0.25, -0.2) is 16.8 Å². The van der Waals surface area contributed by atoms with Crippen LogP contribution in [0.3, 0.4) is 0 Å². The number of halogens is 1. The number of sulfone groups is 1. The molecule has 5 nitrogen and oxygen atoms in total. The van der Waals surface area contributed by atoms with E-state index in [1.165, 1.54) is 16.4 Å². The lowest BCUT2D eigenvalue weighted by Gasteiger charge is -2.34. The molecule has 1 aliphatic heterocycles. The van der Waals surface area contributed by atoms with Crippen LogP contribution in [-0.2, 0) is 19.9 Å². The van der Waals surface area contributed by atoms with E-state index in [1.807, 2.05) is 6.92 Å². The maximum Gasteiger partial charge on any atom is 0.244 e. The highest BCUT2D eigenvalue weighted by Gasteiger charge is 2.34. The highest BCUT2D eigenvalue weighted by molar-refractivity contribution is 7.91. The summed E-state index contributed by atoms with van der Waals surface area (Å²) >= 11 is 6.04. The fourth-order valence-corrected chi connectivity index (χ4v) is 5.73. The molecule has 1 atom stereocenters. The molecule has 1 aromatic rings. The van der Waals surface area contributed by atoms with Crippen LogP contribution in [0.5, 0.6) is 0 Å². The molecule has 1 saturated heterocycles. The second-order valence-electron chi connectivity index (χ2n) is 5.54. The molecule has 8 heteroatoms. The van der Waals surface area contributed by atoms with Crippen LogP contribution in [0.1, 0.15) is 32.6 Å². The quantitative estimate of drug-likeness (QED) is 0.822. The van der Waals surface area contributed by atoms with Crippen molar-refractivity contribution in [2.75, 3.05) is 12.8 Å². The SMILES string of the molecule is CC[C@@H]1CCCCN1S(=O)(=O)c1cc(S(C)(=O)=O)ccc1Cl. The molecule has 0 bridgehead atoms. The molecule has 0 spiro atoms. The van der Waals surface area contributed by atoms with Gasteiger partial charge in [-0.3, -0.25) is 0 Å². The normalized spacial score (nSPS) is 21.0. The van der Waals surface area contributed by atoms with Crippen molar-refractivity contribution in [2.45, 2.75) is 48.4 Å². The van der Waals surface area contributed by atoms with Gasteiger partial charge in [0.25, 0.3) is 0 Å². The predicted molar refractivity (Wildman–Crippen MR) is 86.4 cm³/mol. The van der Waals surface area contributed by atoms with E-state index < -0.39 is 19.9 Å². The molecule has 0 radical (unpaired) electrons. The molecular weight excluding hydrogens is 346 g/mol. The smallest absolute Gasteiger partial charge is 0.224 e. The third-order valence-corrected chi connectivity index (χ3v) is 7.51. The van der Waals surface area contributed by atoms with Crippen molar-refractivity contribution < 1.29 is 16.8 Å². The van der Waals surface area contributed by atoms with Gasteiger partial charge in [0, 0.05) is 18.8 Å². The minimum Gasteiger partial charge on any atom is -0.224 e. The summed E-state index contributed by atoms with van der Waals surface area (Å²) in [6, 6.07) is 3.76. The number of hydrogen-bond donors (Lipinski definition) is 0. The van der Waals surface area contributed by atoms with Crippen molar-refractivity contribution >= 4 is 31.5 Å². The number of sulfonamides is 1. The summed E-state index contributed by atoms with van der Waals surface area (Å²) in [7, 11) is -7.29. The summed E-state index contributed by atoms with van der Waals surface area (Å²) in [6.07, 6.45) is 4.39. The van der Waals surface area contributed by atoms with Crippen LogP contribution >= 0.6 is 11.6 Å². The van der Waals surface area contributed by atoms with E-state index in [4.69, 9.17) is 11.6 Å². The van der Waals surface area contributed by atoms with Crippen LogP contribution in [-0.4, -0.2) is 40.0 Å². The van der Waals surface area contributed by atoms with Crippen LogP contribution in [0.15, 0.2) is 28.0 Å². The van der Waals surface area contributed by atoms with Gasteiger partial charge in [0.15, 0.2) is 9.84 Å². The van der Waals surface area contributed by atoms with E-state index >= 15 is 0 Å². The Morgan fingerprint density at radius 1 is 1.23 bits per heavy atom. The summed E-state index contributed by atoms with van der Waals surface area (Å²) in [5.41, 5.74) is 0. The molecule has 1 aromatic carbocycles. The molecule has 0 saturated carbocycles. The molecule has 1 aliphatic rings. The average Bonchev–Trinajstić information content (AvgIpc) is 2.46. The Morgan fingerprint density at radius 3 is 2.50 bits per heavy atom. The van der Waals surface area contributed by atoms with Crippen LogP contribution in [0.2, 0.25) is 5.02 Å².